The molecule has 2 amide bonds. The van der Waals surface area contributed by atoms with Crippen LogP contribution < -0.4 is 15.4 Å². The first-order chi connectivity index (χ1) is 11.6. The molecule has 0 aliphatic rings. The van der Waals surface area contributed by atoms with Crippen LogP contribution in [-0.2, 0) is 16.0 Å². The Bertz CT molecular complexity index is 702. The number of carbonyl (C=O) groups is 2. The van der Waals surface area contributed by atoms with Gasteiger partial charge in [0.2, 0.25) is 5.91 Å². The van der Waals surface area contributed by atoms with Crippen LogP contribution in [0.25, 0.3) is 0 Å². The predicted octanol–water partition coefficient (Wildman–Crippen LogP) is 3.15. The van der Waals surface area contributed by atoms with Gasteiger partial charge in [-0.1, -0.05) is 31.2 Å². The number of para-hydroxylation sites is 1. The minimum Gasteiger partial charge on any atom is -0.484 e. The molecule has 126 valence electrons. The number of carbonyl (C=O) groups excluding carboxylic acids is 2. The highest BCUT2D eigenvalue weighted by Gasteiger charge is 2.08. The number of benzene rings is 2. The van der Waals surface area contributed by atoms with Gasteiger partial charge >= 0.3 is 0 Å². The highest BCUT2D eigenvalue weighted by atomic mass is 79.9. The summed E-state index contributed by atoms with van der Waals surface area (Å²) in [6.45, 7) is 1.83. The van der Waals surface area contributed by atoms with Crippen molar-refractivity contribution in [2.45, 2.75) is 13.3 Å². The molecule has 24 heavy (non-hydrogen) atoms. The number of anilines is 1. The van der Waals surface area contributed by atoms with Crippen LogP contribution in [0.4, 0.5) is 5.69 Å². The Kier molecular flexibility index (Phi) is 6.81. The minimum absolute atomic E-state index is 0.113. The third-order valence-electron chi connectivity index (χ3n) is 3.30. The molecular weight excluding hydrogens is 372 g/mol. The van der Waals surface area contributed by atoms with Crippen molar-refractivity contribution >= 4 is 33.4 Å². The van der Waals surface area contributed by atoms with E-state index in [4.69, 9.17) is 4.74 Å². The largest absolute Gasteiger partial charge is 0.484 e. The van der Waals surface area contributed by atoms with Crippen molar-refractivity contribution in [1.29, 1.82) is 0 Å². The molecule has 2 rings (SSSR count). The molecule has 0 aliphatic carbocycles. The molecule has 0 heterocycles. The normalized spacial score (nSPS) is 10.1. The fraction of sp³-hybridized carbons (Fsp3) is 0.222. The number of hydrogen-bond acceptors (Lipinski definition) is 3. The quantitative estimate of drug-likeness (QED) is 0.762. The zero-order valence-electron chi connectivity index (χ0n) is 13.3. The van der Waals surface area contributed by atoms with Gasteiger partial charge in [0, 0.05) is 4.47 Å². The number of halogens is 1. The van der Waals surface area contributed by atoms with E-state index in [2.05, 4.69) is 33.5 Å². The van der Waals surface area contributed by atoms with Gasteiger partial charge in [0.05, 0.1) is 12.2 Å². The van der Waals surface area contributed by atoms with Crippen LogP contribution in [-0.4, -0.2) is 25.0 Å². The van der Waals surface area contributed by atoms with Crippen LogP contribution in [0.3, 0.4) is 0 Å². The van der Waals surface area contributed by atoms with E-state index < -0.39 is 0 Å². The van der Waals surface area contributed by atoms with Gasteiger partial charge in [0.15, 0.2) is 6.61 Å². The zero-order valence-corrected chi connectivity index (χ0v) is 14.9. The van der Waals surface area contributed by atoms with Gasteiger partial charge in [-0.2, -0.15) is 0 Å². The molecule has 0 saturated carbocycles. The van der Waals surface area contributed by atoms with Gasteiger partial charge in [-0.25, -0.2) is 0 Å². The Morgan fingerprint density at radius 1 is 1.04 bits per heavy atom. The predicted molar refractivity (Wildman–Crippen MR) is 97.1 cm³/mol. The van der Waals surface area contributed by atoms with E-state index >= 15 is 0 Å². The lowest BCUT2D eigenvalue weighted by Gasteiger charge is -2.09. The standard InChI is InChI=1S/C18H19BrN2O3/c1-2-13-7-9-14(10-8-13)24-12-18(23)20-11-17(22)21-16-6-4-3-5-15(16)19/h3-10H,2,11-12H2,1H3,(H,20,23)(H,21,22). The Morgan fingerprint density at radius 2 is 1.75 bits per heavy atom. The summed E-state index contributed by atoms with van der Waals surface area (Å²) < 4.78 is 6.17. The lowest BCUT2D eigenvalue weighted by molar-refractivity contribution is -0.125. The molecule has 0 fully saturated rings. The Morgan fingerprint density at radius 3 is 2.42 bits per heavy atom. The fourth-order valence-electron chi connectivity index (χ4n) is 1.96. The molecule has 2 aromatic rings. The van der Waals surface area contributed by atoms with Crippen LogP contribution in [0.5, 0.6) is 5.75 Å². The molecule has 0 spiro atoms. The van der Waals surface area contributed by atoms with Crippen molar-refractivity contribution in [3.05, 3.63) is 58.6 Å². The fourth-order valence-corrected chi connectivity index (χ4v) is 2.34. The van der Waals surface area contributed by atoms with Gasteiger partial charge in [-0.15, -0.1) is 0 Å². The Hall–Kier alpha value is -2.34. The van der Waals surface area contributed by atoms with Crippen molar-refractivity contribution in [1.82, 2.24) is 5.32 Å². The van der Waals surface area contributed by atoms with Crippen molar-refractivity contribution < 1.29 is 14.3 Å². The number of amides is 2. The zero-order chi connectivity index (χ0) is 17.4. The maximum atomic E-state index is 11.8. The number of nitrogens with one attached hydrogen (secondary N) is 2. The van der Waals surface area contributed by atoms with Crippen molar-refractivity contribution in [2.24, 2.45) is 0 Å². The molecule has 0 bridgehead atoms. The van der Waals surface area contributed by atoms with Crippen LogP contribution in [0, 0.1) is 0 Å². The molecule has 5 nitrogen and oxygen atoms in total. The van der Waals surface area contributed by atoms with Crippen molar-refractivity contribution in [2.75, 3.05) is 18.5 Å². The molecule has 0 saturated heterocycles. The molecule has 0 aromatic heterocycles. The van der Waals surface area contributed by atoms with Gasteiger partial charge in [-0.3, -0.25) is 9.59 Å². The van der Waals surface area contributed by atoms with Gasteiger partial charge in [0.25, 0.3) is 5.91 Å². The van der Waals surface area contributed by atoms with Crippen LogP contribution in [0.1, 0.15) is 12.5 Å². The van der Waals surface area contributed by atoms with Gasteiger partial charge < -0.3 is 15.4 Å². The average molecular weight is 391 g/mol. The summed E-state index contributed by atoms with van der Waals surface area (Å²) in [5, 5.41) is 5.23. The maximum absolute atomic E-state index is 11.8. The second kappa shape index (κ2) is 9.08. The van der Waals surface area contributed by atoms with E-state index in [9.17, 15) is 9.59 Å². The summed E-state index contributed by atoms with van der Waals surface area (Å²) in [6, 6.07) is 14.8. The first kappa shape index (κ1) is 18.0. The van der Waals surface area contributed by atoms with Crippen molar-refractivity contribution in [3.63, 3.8) is 0 Å². The minimum atomic E-state index is -0.350. The lowest BCUT2D eigenvalue weighted by atomic mass is 10.2. The summed E-state index contributed by atoms with van der Waals surface area (Å²) >= 11 is 3.34. The first-order valence-corrected chi connectivity index (χ1v) is 8.40. The molecule has 2 N–H and O–H groups in total. The molecule has 2 aromatic carbocycles. The van der Waals surface area contributed by atoms with Gasteiger partial charge in [-0.05, 0) is 52.2 Å². The highest BCUT2D eigenvalue weighted by Crippen LogP contribution is 2.20. The number of ether oxygens (including phenoxy) is 1. The highest BCUT2D eigenvalue weighted by molar-refractivity contribution is 9.10. The first-order valence-electron chi connectivity index (χ1n) is 7.61. The molecule has 0 radical (unpaired) electrons. The summed E-state index contributed by atoms with van der Waals surface area (Å²) in [6.07, 6.45) is 0.952. The van der Waals surface area contributed by atoms with E-state index in [1.54, 1.807) is 6.07 Å². The number of rotatable bonds is 7. The Labute approximate surface area is 149 Å². The summed E-state index contributed by atoms with van der Waals surface area (Å²) in [5.74, 6) is -0.0283. The van der Waals surface area contributed by atoms with E-state index in [0.717, 1.165) is 10.9 Å². The molecule has 0 atom stereocenters. The monoisotopic (exact) mass is 390 g/mol. The number of aryl methyl sites for hydroxylation is 1. The Balaban J connectivity index is 1.72. The topological polar surface area (TPSA) is 67.4 Å². The third kappa shape index (κ3) is 5.70. The second-order valence-corrected chi connectivity index (χ2v) is 5.95. The lowest BCUT2D eigenvalue weighted by Crippen LogP contribution is -2.35. The molecule has 0 unspecified atom stereocenters. The van der Waals surface area contributed by atoms with Crippen LogP contribution in [0.2, 0.25) is 0 Å². The van der Waals surface area contributed by atoms with E-state index in [0.29, 0.717) is 11.4 Å². The summed E-state index contributed by atoms with van der Waals surface area (Å²) in [4.78, 5) is 23.6. The molecule has 0 aliphatic heterocycles. The van der Waals surface area contributed by atoms with Gasteiger partial charge in [0.1, 0.15) is 5.75 Å². The maximum Gasteiger partial charge on any atom is 0.258 e. The molecule has 6 heteroatoms. The van der Waals surface area contributed by atoms with E-state index in [1.165, 1.54) is 5.56 Å². The summed E-state index contributed by atoms with van der Waals surface area (Å²) in [7, 11) is 0. The average Bonchev–Trinajstić information content (AvgIpc) is 2.60. The van der Waals surface area contributed by atoms with Crippen LogP contribution >= 0.6 is 15.9 Å². The van der Waals surface area contributed by atoms with Crippen molar-refractivity contribution in [3.8, 4) is 5.75 Å². The molecular formula is C18H19BrN2O3. The summed E-state index contributed by atoms with van der Waals surface area (Å²) in [5.41, 5.74) is 1.86. The second-order valence-electron chi connectivity index (χ2n) is 5.09. The van der Waals surface area contributed by atoms with E-state index in [-0.39, 0.29) is 25.0 Å². The van der Waals surface area contributed by atoms with E-state index in [1.807, 2.05) is 42.5 Å². The number of hydrogen-bond donors (Lipinski definition) is 2. The third-order valence-corrected chi connectivity index (χ3v) is 3.99. The SMILES string of the molecule is CCc1ccc(OCC(=O)NCC(=O)Nc2ccccc2Br)cc1. The smallest absolute Gasteiger partial charge is 0.258 e. The van der Waals surface area contributed by atoms with Crippen LogP contribution in [0.15, 0.2) is 53.0 Å².